The van der Waals surface area contributed by atoms with Crippen molar-refractivity contribution in [3.8, 4) is 23.1 Å². The van der Waals surface area contributed by atoms with E-state index in [0.717, 1.165) is 114 Å². The van der Waals surface area contributed by atoms with Gasteiger partial charge in [0.25, 0.3) is 0 Å². The van der Waals surface area contributed by atoms with Crippen molar-refractivity contribution in [1.29, 1.82) is 5.26 Å². The lowest BCUT2D eigenvalue weighted by atomic mass is 10.0. The average molecular weight is 894 g/mol. The molecule has 16 aromatic rings. The predicted octanol–water partition coefficient (Wildman–Crippen LogP) is 17.1. The third-order valence-corrected chi connectivity index (χ3v) is 14.7. The number of fused-ring (bicyclic) bond motifs is 21. The Morgan fingerprint density at radius 3 is 1.13 bits per heavy atom. The van der Waals surface area contributed by atoms with E-state index < -0.39 is 0 Å². The number of nitriles is 1. The molecule has 0 saturated heterocycles. The zero-order valence-electron chi connectivity index (χ0n) is 36.9. The first kappa shape index (κ1) is 37.1. The van der Waals surface area contributed by atoms with E-state index in [9.17, 15) is 11.8 Å². The summed E-state index contributed by atoms with van der Waals surface area (Å²) in [7, 11) is 0. The third-order valence-electron chi connectivity index (χ3n) is 14.7. The summed E-state index contributed by atoms with van der Waals surface area (Å²) in [5.74, 6) is 0. The number of rotatable bonds is 3. The third kappa shape index (κ3) is 4.57. The number of para-hydroxylation sites is 6. The van der Waals surface area contributed by atoms with Crippen molar-refractivity contribution < 1.29 is 13.3 Å². The van der Waals surface area contributed by atoms with Crippen LogP contribution in [0, 0.1) is 17.9 Å². The second-order valence-corrected chi connectivity index (χ2v) is 18.1. The van der Waals surface area contributed by atoms with Crippen LogP contribution in [0.3, 0.4) is 0 Å². The van der Waals surface area contributed by atoms with E-state index in [0.29, 0.717) is 45.1 Å². The quantitative estimate of drug-likeness (QED) is 0.165. The molecule has 0 unspecified atom stereocenters. The fourth-order valence-corrected chi connectivity index (χ4v) is 11.8. The fraction of sp³-hybridized carbons (Fsp3) is 0. The first-order chi connectivity index (χ1) is 34.7. The van der Waals surface area contributed by atoms with Gasteiger partial charge in [0, 0.05) is 64.6 Å². The summed E-state index contributed by atoms with van der Waals surface area (Å²) in [6.45, 7) is 9.43. The molecule has 0 bridgehead atoms. The molecule has 10 aromatic carbocycles. The Kier molecular flexibility index (Phi) is 7.06. The molecule has 0 spiro atoms. The Morgan fingerprint density at radius 1 is 0.371 bits per heavy atom. The molecule has 6 heterocycles. The second kappa shape index (κ2) is 13.3. The van der Waals surface area contributed by atoms with Crippen LogP contribution in [-0.4, -0.2) is 13.7 Å². The molecular weight excluding hydrogens is 863 g/mol. The van der Waals surface area contributed by atoms with Gasteiger partial charge in [0.1, 0.15) is 22.8 Å². The number of furan rings is 3. The van der Waals surface area contributed by atoms with Crippen LogP contribution in [0.4, 0.5) is 5.69 Å². The van der Waals surface area contributed by atoms with Crippen molar-refractivity contribution in [2.45, 2.75) is 0 Å². The normalized spacial score (nSPS) is 12.3. The zero-order valence-corrected chi connectivity index (χ0v) is 36.9. The van der Waals surface area contributed by atoms with E-state index in [2.05, 4.69) is 116 Å². The molecule has 0 radical (unpaired) electrons. The van der Waals surface area contributed by atoms with Crippen LogP contribution in [0.5, 0.6) is 0 Å². The molecule has 322 valence electrons. The van der Waals surface area contributed by atoms with Gasteiger partial charge < -0.3 is 27.0 Å². The van der Waals surface area contributed by atoms with Crippen LogP contribution in [-0.2, 0) is 0 Å². The Morgan fingerprint density at radius 2 is 0.714 bits per heavy atom. The van der Waals surface area contributed by atoms with E-state index >= 15 is 0 Å². The molecule has 0 amide bonds. The Balaban J connectivity index is 1.18. The van der Waals surface area contributed by atoms with Crippen LogP contribution in [0.1, 0.15) is 5.56 Å². The summed E-state index contributed by atoms with van der Waals surface area (Å²) >= 11 is 0. The molecule has 0 N–H and O–H groups in total. The number of benzene rings is 10. The van der Waals surface area contributed by atoms with Crippen LogP contribution in [0.25, 0.3) is 153 Å². The van der Waals surface area contributed by atoms with Crippen molar-refractivity contribution in [2.24, 2.45) is 0 Å². The van der Waals surface area contributed by atoms with Crippen molar-refractivity contribution in [3.05, 3.63) is 205 Å². The van der Waals surface area contributed by atoms with Crippen molar-refractivity contribution in [2.75, 3.05) is 0 Å². The average Bonchev–Trinajstić information content (AvgIpc) is 4.26. The maximum atomic E-state index is 12.1. The molecule has 0 fully saturated rings. The lowest BCUT2D eigenvalue weighted by Gasteiger charge is -2.21. The number of hydrogen-bond acceptors (Lipinski definition) is 4. The summed E-state index contributed by atoms with van der Waals surface area (Å²) in [5.41, 5.74) is 11.6. The number of hydrogen-bond donors (Lipinski definition) is 0. The maximum Gasteiger partial charge on any atom is 0.235 e. The van der Waals surface area contributed by atoms with Crippen molar-refractivity contribution in [3.63, 3.8) is 0 Å². The highest BCUT2D eigenvalue weighted by Gasteiger charge is 2.31. The highest BCUT2D eigenvalue weighted by atomic mass is 16.3. The van der Waals surface area contributed by atoms with Gasteiger partial charge in [-0.3, -0.25) is 0 Å². The highest BCUT2D eigenvalue weighted by Crippen LogP contribution is 2.50. The van der Waals surface area contributed by atoms with Crippen molar-refractivity contribution in [1.82, 2.24) is 13.7 Å². The lowest BCUT2D eigenvalue weighted by Crippen LogP contribution is -2.08. The Hall–Kier alpha value is -10.0. The SMILES string of the molecule is [C-]#[N+]c1c(-n2c3ccccc3c3ccc4c5ccccc5oc4c32)cc(-n2c3ccccc3c3ccc4c5ccccc5oc4c32)c(C#N)c1-n1c2ccccc2c2ccc3c4ccccc4oc3c21. The van der Waals surface area contributed by atoms with Gasteiger partial charge in [0.15, 0.2) is 16.7 Å². The summed E-state index contributed by atoms with van der Waals surface area (Å²) < 4.78 is 27.1. The van der Waals surface area contributed by atoms with Gasteiger partial charge in [-0.2, -0.15) is 5.26 Å². The van der Waals surface area contributed by atoms with E-state index in [1.54, 1.807) is 0 Å². The van der Waals surface area contributed by atoms with E-state index in [-0.39, 0.29) is 0 Å². The van der Waals surface area contributed by atoms with Gasteiger partial charge in [-0.05, 0) is 60.7 Å². The highest BCUT2D eigenvalue weighted by molar-refractivity contribution is 6.25. The Bertz CT molecular complexity index is 4890. The fourth-order valence-electron chi connectivity index (χ4n) is 11.8. The van der Waals surface area contributed by atoms with E-state index in [4.69, 9.17) is 13.3 Å². The van der Waals surface area contributed by atoms with Crippen LogP contribution >= 0.6 is 0 Å². The molecule has 0 atom stereocenters. The maximum absolute atomic E-state index is 12.1. The predicted molar refractivity (Wildman–Crippen MR) is 282 cm³/mol. The summed E-state index contributed by atoms with van der Waals surface area (Å²) in [6, 6.07) is 66.8. The minimum Gasteiger partial charge on any atom is -0.454 e. The monoisotopic (exact) mass is 893 g/mol. The lowest BCUT2D eigenvalue weighted by molar-refractivity contribution is 0.671. The van der Waals surface area contributed by atoms with Crippen molar-refractivity contribution >= 4 is 137 Å². The molecule has 16 rings (SSSR count). The summed E-state index contributed by atoms with van der Waals surface area (Å²) in [4.78, 5) is 4.56. The zero-order chi connectivity index (χ0) is 45.9. The van der Waals surface area contributed by atoms with Gasteiger partial charge in [-0.25, -0.2) is 4.85 Å². The van der Waals surface area contributed by atoms with E-state index in [1.807, 2.05) is 97.1 Å². The van der Waals surface area contributed by atoms with Gasteiger partial charge in [0.05, 0.1) is 62.3 Å². The molecule has 0 saturated carbocycles. The molecule has 6 aromatic heterocycles. The number of nitrogens with zero attached hydrogens (tertiary/aromatic N) is 5. The molecule has 0 aliphatic heterocycles. The van der Waals surface area contributed by atoms with Gasteiger partial charge in [0.2, 0.25) is 5.69 Å². The first-order valence-corrected chi connectivity index (χ1v) is 23.2. The van der Waals surface area contributed by atoms with Gasteiger partial charge >= 0.3 is 0 Å². The molecule has 0 aliphatic rings. The molecule has 8 nitrogen and oxygen atoms in total. The summed E-state index contributed by atoms with van der Waals surface area (Å²) in [6.07, 6.45) is 0. The standard InChI is InChI=1S/C62H31N5O3/c1-64-55-51(66-48-21-9-3-15-35(48)41-27-30-44-38-18-6-12-24-53(38)69-61(44)58(41)66)32-50(65-47-20-8-2-14-34(47)40-26-29-43-37-17-5-11-23-52(37)68-60(43)57(40)65)46(33-63)56(55)67-49-22-10-4-16-36(49)42-28-31-45-39-19-7-13-25-54(39)70-62(45)59(42)67/h2-32H. The van der Waals surface area contributed by atoms with Crippen LogP contribution < -0.4 is 0 Å². The largest absolute Gasteiger partial charge is 0.454 e. The molecular formula is C62H31N5O3. The molecule has 0 aliphatic carbocycles. The molecule has 8 heteroatoms. The smallest absolute Gasteiger partial charge is 0.235 e. The van der Waals surface area contributed by atoms with Crippen LogP contribution in [0.15, 0.2) is 201 Å². The number of aromatic nitrogens is 3. The first-order valence-electron chi connectivity index (χ1n) is 23.2. The van der Waals surface area contributed by atoms with Crippen LogP contribution in [0.2, 0.25) is 0 Å². The second-order valence-electron chi connectivity index (χ2n) is 18.1. The van der Waals surface area contributed by atoms with Gasteiger partial charge in [-0.15, -0.1) is 0 Å². The minimum atomic E-state index is 0.293. The minimum absolute atomic E-state index is 0.293. The Labute approximate surface area is 395 Å². The van der Waals surface area contributed by atoms with E-state index in [1.165, 1.54) is 0 Å². The van der Waals surface area contributed by atoms with Gasteiger partial charge in [-0.1, -0.05) is 127 Å². The molecule has 70 heavy (non-hydrogen) atoms. The topological polar surface area (TPSA) is 82.4 Å². The summed E-state index contributed by atoms with van der Waals surface area (Å²) in [5, 5.41) is 23.8.